The number of Topliss-reactive ketones (excluding diaryl/α,β-unsaturated/α-hetero) is 1. The van der Waals surface area contributed by atoms with Crippen molar-refractivity contribution in [1.29, 1.82) is 5.26 Å². The summed E-state index contributed by atoms with van der Waals surface area (Å²) in [6.07, 6.45) is 1.12. The van der Waals surface area contributed by atoms with Crippen molar-refractivity contribution in [3.8, 4) is 6.07 Å². The van der Waals surface area contributed by atoms with E-state index in [0.29, 0.717) is 29.8 Å². The van der Waals surface area contributed by atoms with E-state index in [2.05, 4.69) is 18.2 Å². The van der Waals surface area contributed by atoms with Crippen LogP contribution in [0.15, 0.2) is 77.3 Å². The molecule has 32 heavy (non-hydrogen) atoms. The van der Waals surface area contributed by atoms with E-state index in [-0.39, 0.29) is 11.7 Å². The quantitative estimate of drug-likeness (QED) is 0.801. The molecule has 2 atom stereocenters. The molecular weight excluding hydrogens is 398 g/mol. The number of hydrogen-bond acceptors (Lipinski definition) is 6. The molecule has 1 aliphatic heterocycles. The van der Waals surface area contributed by atoms with E-state index in [4.69, 9.17) is 5.73 Å². The molecule has 0 saturated heterocycles. The SMILES string of the molecule is CN(C)c1ccc(C2C(C#N)=C(N)N(N(C)C)C3=C2C(=O)CC(c2ccccc2)C3)cc1. The van der Waals surface area contributed by atoms with Gasteiger partial charge >= 0.3 is 0 Å². The molecule has 0 fully saturated rings. The lowest BCUT2D eigenvalue weighted by Crippen LogP contribution is -2.46. The van der Waals surface area contributed by atoms with Crippen molar-refractivity contribution in [3.63, 3.8) is 0 Å². The second-order valence-corrected chi connectivity index (χ2v) is 8.79. The first kappa shape index (κ1) is 21.7. The van der Waals surface area contributed by atoms with Crippen LogP contribution in [0.2, 0.25) is 0 Å². The van der Waals surface area contributed by atoms with E-state index in [1.165, 1.54) is 0 Å². The van der Waals surface area contributed by atoms with Crippen molar-refractivity contribution < 1.29 is 4.79 Å². The van der Waals surface area contributed by atoms with Gasteiger partial charge in [-0.3, -0.25) is 9.80 Å². The number of rotatable bonds is 4. The van der Waals surface area contributed by atoms with Crippen molar-refractivity contribution in [2.75, 3.05) is 33.1 Å². The van der Waals surface area contributed by atoms with Gasteiger partial charge in [-0.05, 0) is 35.6 Å². The Morgan fingerprint density at radius 1 is 0.969 bits per heavy atom. The van der Waals surface area contributed by atoms with Crippen LogP contribution in [0.4, 0.5) is 5.69 Å². The summed E-state index contributed by atoms with van der Waals surface area (Å²) in [5.41, 5.74) is 11.7. The number of carbonyl (C=O) groups is 1. The molecule has 2 aliphatic rings. The Balaban J connectivity index is 1.86. The number of nitriles is 1. The molecule has 6 nitrogen and oxygen atoms in total. The second-order valence-electron chi connectivity index (χ2n) is 8.79. The Kier molecular flexibility index (Phi) is 5.77. The van der Waals surface area contributed by atoms with Crippen molar-refractivity contribution in [2.45, 2.75) is 24.7 Å². The summed E-state index contributed by atoms with van der Waals surface area (Å²) in [5, 5.41) is 13.8. The first-order chi connectivity index (χ1) is 15.3. The largest absolute Gasteiger partial charge is 0.383 e. The zero-order chi connectivity index (χ0) is 23.0. The Morgan fingerprint density at radius 2 is 1.62 bits per heavy atom. The summed E-state index contributed by atoms with van der Waals surface area (Å²) in [5.74, 6) is 0.0954. The molecular formula is C26H29N5O. The van der Waals surface area contributed by atoms with Gasteiger partial charge in [0.1, 0.15) is 5.82 Å². The molecule has 0 spiro atoms. The number of ketones is 1. The van der Waals surface area contributed by atoms with Crippen LogP contribution in [-0.4, -0.2) is 44.0 Å². The fourth-order valence-corrected chi connectivity index (χ4v) is 4.83. The number of carbonyl (C=O) groups excluding carboxylic acids is 1. The fourth-order valence-electron chi connectivity index (χ4n) is 4.83. The molecule has 0 radical (unpaired) electrons. The lowest BCUT2D eigenvalue weighted by Gasteiger charge is -2.43. The lowest BCUT2D eigenvalue weighted by molar-refractivity contribution is -0.117. The molecule has 1 heterocycles. The van der Waals surface area contributed by atoms with E-state index < -0.39 is 5.92 Å². The number of benzene rings is 2. The monoisotopic (exact) mass is 427 g/mol. The molecule has 0 saturated carbocycles. The minimum Gasteiger partial charge on any atom is -0.383 e. The van der Waals surface area contributed by atoms with Gasteiger partial charge in [-0.1, -0.05) is 42.5 Å². The van der Waals surface area contributed by atoms with Crippen LogP contribution >= 0.6 is 0 Å². The fraction of sp³-hybridized carbons (Fsp3) is 0.308. The van der Waals surface area contributed by atoms with Crippen LogP contribution in [0.25, 0.3) is 0 Å². The standard InChI is InChI=1S/C26H29N5O/c1-29(2)20-12-10-18(11-13-20)24-21(16-27)26(28)31(30(3)4)22-14-19(15-23(32)25(22)24)17-8-6-5-7-9-17/h5-13,19,24H,14-15,28H2,1-4H3. The molecule has 2 aromatic rings. The number of nitrogens with two attached hydrogens (primary N) is 1. The molecule has 4 rings (SSSR count). The zero-order valence-corrected chi connectivity index (χ0v) is 19.0. The maximum absolute atomic E-state index is 13.6. The van der Waals surface area contributed by atoms with E-state index in [9.17, 15) is 10.1 Å². The Hall–Kier alpha value is -3.56. The van der Waals surface area contributed by atoms with Crippen molar-refractivity contribution in [3.05, 3.63) is 88.4 Å². The van der Waals surface area contributed by atoms with Crippen LogP contribution in [0, 0.1) is 11.3 Å². The first-order valence-electron chi connectivity index (χ1n) is 10.8. The van der Waals surface area contributed by atoms with E-state index in [1.807, 2.05) is 85.6 Å². The molecule has 0 amide bonds. The number of hydrogen-bond donors (Lipinski definition) is 1. The van der Waals surface area contributed by atoms with E-state index in [0.717, 1.165) is 22.5 Å². The molecule has 2 aromatic carbocycles. The number of hydrazine groups is 1. The highest BCUT2D eigenvalue weighted by Gasteiger charge is 2.43. The highest BCUT2D eigenvalue weighted by Crippen LogP contribution is 2.48. The van der Waals surface area contributed by atoms with Gasteiger partial charge in [0.15, 0.2) is 5.78 Å². The van der Waals surface area contributed by atoms with Crippen molar-refractivity contribution in [2.24, 2.45) is 5.73 Å². The summed E-state index contributed by atoms with van der Waals surface area (Å²) in [4.78, 5) is 15.6. The van der Waals surface area contributed by atoms with Gasteiger partial charge in [0.25, 0.3) is 0 Å². The van der Waals surface area contributed by atoms with E-state index in [1.54, 1.807) is 0 Å². The average molecular weight is 428 g/mol. The van der Waals surface area contributed by atoms with Gasteiger partial charge in [0, 0.05) is 51.6 Å². The highest BCUT2D eigenvalue weighted by molar-refractivity contribution is 6.00. The maximum Gasteiger partial charge on any atom is 0.162 e. The minimum atomic E-state index is -0.452. The molecule has 2 unspecified atom stereocenters. The Morgan fingerprint density at radius 3 is 2.19 bits per heavy atom. The third-order valence-electron chi connectivity index (χ3n) is 6.35. The predicted molar refractivity (Wildman–Crippen MR) is 126 cm³/mol. The maximum atomic E-state index is 13.6. The van der Waals surface area contributed by atoms with E-state index >= 15 is 0 Å². The van der Waals surface area contributed by atoms with Gasteiger partial charge in [0.05, 0.1) is 17.6 Å². The molecule has 1 aliphatic carbocycles. The lowest BCUT2D eigenvalue weighted by atomic mass is 9.72. The summed E-state index contributed by atoms with van der Waals surface area (Å²) in [7, 11) is 7.74. The topological polar surface area (TPSA) is 76.6 Å². The molecule has 0 aromatic heterocycles. The van der Waals surface area contributed by atoms with Crippen LogP contribution < -0.4 is 10.6 Å². The highest BCUT2D eigenvalue weighted by atomic mass is 16.1. The van der Waals surface area contributed by atoms with Gasteiger partial charge in [-0.15, -0.1) is 0 Å². The van der Waals surface area contributed by atoms with Gasteiger partial charge in [-0.25, -0.2) is 5.01 Å². The van der Waals surface area contributed by atoms with Gasteiger partial charge in [0.2, 0.25) is 0 Å². The minimum absolute atomic E-state index is 0.0777. The summed E-state index contributed by atoms with van der Waals surface area (Å²) < 4.78 is 0. The van der Waals surface area contributed by atoms with Gasteiger partial charge < -0.3 is 10.6 Å². The molecule has 0 bridgehead atoms. The molecule has 2 N–H and O–H groups in total. The van der Waals surface area contributed by atoms with Crippen LogP contribution in [-0.2, 0) is 4.79 Å². The first-order valence-corrected chi connectivity index (χ1v) is 10.8. The van der Waals surface area contributed by atoms with Crippen LogP contribution in [0.1, 0.15) is 35.8 Å². The number of allylic oxidation sites excluding steroid dienone is 3. The average Bonchev–Trinajstić information content (AvgIpc) is 2.78. The van der Waals surface area contributed by atoms with Crippen LogP contribution in [0.5, 0.6) is 0 Å². The van der Waals surface area contributed by atoms with Crippen molar-refractivity contribution in [1.82, 2.24) is 10.0 Å². The summed E-state index contributed by atoms with van der Waals surface area (Å²) >= 11 is 0. The summed E-state index contributed by atoms with van der Waals surface area (Å²) in [6, 6.07) is 20.5. The number of anilines is 1. The third kappa shape index (κ3) is 3.65. The normalized spacial score (nSPS) is 21.0. The Labute approximate surface area is 189 Å². The van der Waals surface area contributed by atoms with Crippen LogP contribution in [0.3, 0.4) is 0 Å². The second kappa shape index (κ2) is 8.52. The zero-order valence-electron chi connectivity index (χ0n) is 19.0. The number of nitrogens with zero attached hydrogens (tertiary/aromatic N) is 4. The Bertz CT molecular complexity index is 1120. The van der Waals surface area contributed by atoms with Crippen molar-refractivity contribution >= 4 is 11.5 Å². The van der Waals surface area contributed by atoms with Gasteiger partial charge in [-0.2, -0.15) is 5.26 Å². The molecule has 164 valence electrons. The smallest absolute Gasteiger partial charge is 0.162 e. The predicted octanol–water partition coefficient (Wildman–Crippen LogP) is 3.72. The summed E-state index contributed by atoms with van der Waals surface area (Å²) in [6.45, 7) is 0. The third-order valence-corrected chi connectivity index (χ3v) is 6.35. The molecule has 6 heteroatoms.